The highest BCUT2D eigenvalue weighted by Gasteiger charge is 2.22. The van der Waals surface area contributed by atoms with Crippen LogP contribution in [0.1, 0.15) is 23.1 Å². The van der Waals surface area contributed by atoms with Gasteiger partial charge in [-0.05, 0) is 85.4 Å². The molecule has 3 nitrogen and oxygen atoms in total. The zero-order valence-electron chi connectivity index (χ0n) is 30.7. The predicted octanol–water partition coefficient (Wildman–Crippen LogP) is 14.8. The summed E-state index contributed by atoms with van der Waals surface area (Å²) < 4.78 is 9.23. The smallest absolute Gasteiger partial charge is 0.160 e. The number of fused-ring (bicyclic) bond motifs is 10. The molecule has 11 aromatic rings. The third kappa shape index (κ3) is 5.26. The first-order valence-electron chi connectivity index (χ1n) is 19.4. The summed E-state index contributed by atoms with van der Waals surface area (Å²) in [5.74, 6) is 0.671. The number of nitrogens with zero attached hydrogens (tertiary/aromatic N) is 2. The number of para-hydroxylation sites is 1. The summed E-state index contributed by atoms with van der Waals surface area (Å²) in [4.78, 5) is 11.0. The van der Waals surface area contributed by atoms with Crippen molar-refractivity contribution in [3.63, 3.8) is 0 Å². The van der Waals surface area contributed by atoms with Gasteiger partial charge in [-0.2, -0.15) is 0 Å². The Morgan fingerprint density at radius 1 is 0.439 bits per heavy atom. The van der Waals surface area contributed by atoms with Crippen LogP contribution in [0.25, 0.3) is 91.3 Å². The van der Waals surface area contributed by atoms with Crippen LogP contribution < -0.4 is 0 Å². The summed E-state index contributed by atoms with van der Waals surface area (Å²) in [5, 5.41) is 12.0. The van der Waals surface area contributed by atoms with Crippen LogP contribution in [0.3, 0.4) is 0 Å². The highest BCUT2D eigenvalue weighted by molar-refractivity contribution is 7.26. The van der Waals surface area contributed by atoms with Gasteiger partial charge in [-0.1, -0.05) is 146 Å². The topological polar surface area (TPSA) is 37.9 Å². The van der Waals surface area contributed by atoms with Crippen molar-refractivity contribution in [2.75, 3.05) is 0 Å². The second-order valence-corrected chi connectivity index (χ2v) is 15.9. The first-order chi connectivity index (χ1) is 28.2. The number of rotatable bonds is 4. The molecule has 12 rings (SSSR count). The average molecular weight is 745 g/mol. The van der Waals surface area contributed by atoms with Gasteiger partial charge in [0.1, 0.15) is 11.2 Å². The van der Waals surface area contributed by atoms with Crippen molar-refractivity contribution in [1.29, 1.82) is 0 Å². The summed E-state index contributed by atoms with van der Waals surface area (Å²) in [5.41, 5.74) is 8.87. The lowest BCUT2D eigenvalue weighted by Gasteiger charge is -2.11. The van der Waals surface area contributed by atoms with Gasteiger partial charge < -0.3 is 4.42 Å². The molecule has 0 radical (unpaired) electrons. The zero-order valence-corrected chi connectivity index (χ0v) is 31.6. The molecule has 0 fully saturated rings. The molecule has 0 saturated carbocycles. The van der Waals surface area contributed by atoms with Gasteiger partial charge in [0.25, 0.3) is 0 Å². The van der Waals surface area contributed by atoms with Gasteiger partial charge in [0.2, 0.25) is 0 Å². The molecule has 57 heavy (non-hydrogen) atoms. The Morgan fingerprint density at radius 3 is 2.07 bits per heavy atom. The molecule has 1 aliphatic rings. The molecule has 0 spiro atoms. The van der Waals surface area contributed by atoms with Gasteiger partial charge >= 0.3 is 0 Å². The molecule has 2 aromatic heterocycles. The lowest BCUT2D eigenvalue weighted by atomic mass is 9.96. The second-order valence-electron chi connectivity index (χ2n) is 14.9. The summed E-state index contributed by atoms with van der Waals surface area (Å²) in [6, 6.07) is 63.0. The Kier molecular flexibility index (Phi) is 7.16. The van der Waals surface area contributed by atoms with Crippen LogP contribution in [0, 0.1) is 0 Å². The number of thiophene rings is 1. The van der Waals surface area contributed by atoms with Crippen molar-refractivity contribution in [3.8, 4) is 11.1 Å². The summed E-state index contributed by atoms with van der Waals surface area (Å²) >= 11 is 1.85. The van der Waals surface area contributed by atoms with E-state index in [2.05, 4.69) is 170 Å². The van der Waals surface area contributed by atoms with E-state index in [1.807, 2.05) is 23.5 Å². The van der Waals surface area contributed by atoms with E-state index < -0.39 is 0 Å². The van der Waals surface area contributed by atoms with Crippen molar-refractivity contribution in [1.82, 2.24) is 0 Å². The van der Waals surface area contributed by atoms with Crippen LogP contribution in [0.4, 0.5) is 0 Å². The Bertz CT molecular complexity index is 3550. The predicted molar refractivity (Wildman–Crippen MR) is 243 cm³/mol. The number of benzene rings is 9. The highest BCUT2D eigenvalue weighted by atomic mass is 32.1. The van der Waals surface area contributed by atoms with Gasteiger partial charge in [-0.15, -0.1) is 11.3 Å². The summed E-state index contributed by atoms with van der Waals surface area (Å²) in [6.45, 7) is 0. The first-order valence-corrected chi connectivity index (χ1v) is 20.2. The monoisotopic (exact) mass is 744 g/mol. The molecule has 9 aromatic carbocycles. The minimum atomic E-state index is 0.645. The quantitative estimate of drug-likeness (QED) is 0.165. The van der Waals surface area contributed by atoms with Gasteiger partial charge in [-0.25, -0.2) is 9.98 Å². The van der Waals surface area contributed by atoms with Crippen LogP contribution in [0.5, 0.6) is 0 Å². The van der Waals surface area contributed by atoms with Crippen molar-refractivity contribution >= 4 is 103 Å². The summed E-state index contributed by atoms with van der Waals surface area (Å²) in [7, 11) is 0. The molecule has 0 saturated heterocycles. The fourth-order valence-electron chi connectivity index (χ4n) is 8.74. The minimum absolute atomic E-state index is 0.645. The van der Waals surface area contributed by atoms with E-state index in [1.54, 1.807) is 0 Å². The van der Waals surface area contributed by atoms with Gasteiger partial charge in [0.15, 0.2) is 5.84 Å². The zero-order chi connectivity index (χ0) is 37.5. The maximum Gasteiger partial charge on any atom is 0.160 e. The van der Waals surface area contributed by atoms with Crippen LogP contribution in [0.15, 0.2) is 196 Å². The molecule has 0 bridgehead atoms. The summed E-state index contributed by atoms with van der Waals surface area (Å²) in [6.07, 6.45) is 2.88. The highest BCUT2D eigenvalue weighted by Crippen LogP contribution is 2.44. The molecular formula is C53H32N2OS. The molecular weight excluding hydrogens is 713 g/mol. The number of hydrogen-bond acceptors (Lipinski definition) is 4. The molecule has 4 heteroatoms. The van der Waals surface area contributed by atoms with E-state index in [-0.39, 0.29) is 0 Å². The van der Waals surface area contributed by atoms with Crippen molar-refractivity contribution in [2.45, 2.75) is 6.42 Å². The molecule has 0 N–H and O–H groups in total. The number of aliphatic imine (C=N–C) groups is 2. The number of furan rings is 1. The van der Waals surface area contributed by atoms with Gasteiger partial charge in [0, 0.05) is 48.5 Å². The van der Waals surface area contributed by atoms with E-state index in [4.69, 9.17) is 14.4 Å². The molecule has 3 heterocycles. The molecule has 1 aliphatic heterocycles. The maximum absolute atomic E-state index is 6.69. The first kappa shape index (κ1) is 32.1. The van der Waals surface area contributed by atoms with E-state index in [0.29, 0.717) is 12.3 Å². The Balaban J connectivity index is 1.10. The van der Waals surface area contributed by atoms with E-state index in [0.717, 1.165) is 55.6 Å². The molecule has 0 atom stereocenters. The minimum Gasteiger partial charge on any atom is -0.456 e. The SMILES string of the molecule is C1=C(c2ccc3c(ccc4ccccc43)c2)N=C(c2cc(-c3cccc4c3sc3cc5ccccc5cc34)cc3oc4ccccc4c23)N=C(c2ccccc2)C1. The van der Waals surface area contributed by atoms with E-state index in [1.165, 1.54) is 58.1 Å². The van der Waals surface area contributed by atoms with Crippen LogP contribution >= 0.6 is 11.3 Å². The fourth-order valence-corrected chi connectivity index (χ4v) is 10.0. The number of amidine groups is 1. The Hall–Kier alpha value is -7.14. The number of allylic oxidation sites excluding steroid dienone is 1. The largest absolute Gasteiger partial charge is 0.456 e. The van der Waals surface area contributed by atoms with Crippen LogP contribution in [-0.2, 0) is 0 Å². The van der Waals surface area contributed by atoms with E-state index in [9.17, 15) is 0 Å². The van der Waals surface area contributed by atoms with Crippen molar-refractivity contribution in [3.05, 3.63) is 199 Å². The number of hydrogen-bond donors (Lipinski definition) is 0. The standard InChI is InChI=1S/C53H32N2OS/c1-2-12-33(13-3-1)46-25-26-47(37-23-24-40-36(27-37)22-21-32-11-6-7-16-39(32)40)55-53(54-46)45-29-38(30-49-51(45)43-17-8-9-20-48(43)56-49)41-18-10-19-42-44-28-34-14-4-5-15-35(34)31-50(44)57-52(41)42/h1-24,26-31H,25H2. The van der Waals surface area contributed by atoms with E-state index >= 15 is 0 Å². The van der Waals surface area contributed by atoms with Crippen molar-refractivity contribution in [2.24, 2.45) is 9.98 Å². The Morgan fingerprint density at radius 2 is 1.18 bits per heavy atom. The normalized spacial score (nSPS) is 13.5. The average Bonchev–Trinajstić information content (AvgIpc) is 3.74. The molecule has 0 amide bonds. The molecule has 0 aliphatic carbocycles. The second kappa shape index (κ2) is 12.7. The maximum atomic E-state index is 6.69. The van der Waals surface area contributed by atoms with Gasteiger partial charge in [-0.3, -0.25) is 0 Å². The third-order valence-corrected chi connectivity index (χ3v) is 12.7. The van der Waals surface area contributed by atoms with Crippen LogP contribution in [-0.4, -0.2) is 11.5 Å². The van der Waals surface area contributed by atoms with Crippen molar-refractivity contribution < 1.29 is 4.42 Å². The van der Waals surface area contributed by atoms with Gasteiger partial charge in [0.05, 0.1) is 11.4 Å². The fraction of sp³-hybridized carbons (Fsp3) is 0.0189. The molecule has 266 valence electrons. The molecule has 0 unspecified atom stereocenters. The third-order valence-electron chi connectivity index (χ3n) is 11.5. The lowest BCUT2D eigenvalue weighted by Crippen LogP contribution is -2.05. The lowest BCUT2D eigenvalue weighted by molar-refractivity contribution is 0.669. The Labute approximate surface area is 332 Å². The van der Waals surface area contributed by atoms with Crippen LogP contribution in [0.2, 0.25) is 0 Å².